The molecule has 0 saturated heterocycles. The van der Waals surface area contributed by atoms with Gasteiger partial charge < -0.3 is 10.1 Å². The third-order valence-corrected chi connectivity index (χ3v) is 3.16. The van der Waals surface area contributed by atoms with Crippen molar-refractivity contribution in [2.24, 2.45) is 7.05 Å². The first-order chi connectivity index (χ1) is 9.15. The summed E-state index contributed by atoms with van der Waals surface area (Å²) in [6.45, 7) is 0. The van der Waals surface area contributed by atoms with Crippen molar-refractivity contribution in [2.45, 2.75) is 12.5 Å². The van der Waals surface area contributed by atoms with E-state index < -0.39 is 0 Å². The third kappa shape index (κ3) is 2.93. The Kier molecular flexibility index (Phi) is 4.16. The van der Waals surface area contributed by atoms with Crippen molar-refractivity contribution in [2.75, 3.05) is 14.2 Å². The minimum Gasteiger partial charge on any atom is -0.494 e. The summed E-state index contributed by atoms with van der Waals surface area (Å²) in [6.07, 6.45) is 4.27. The number of benzene rings is 1. The number of aromatic nitrogens is 2. The molecule has 0 fully saturated rings. The summed E-state index contributed by atoms with van der Waals surface area (Å²) in [5.74, 6) is -0.0207. The standard InChI is InChI=1S/C14H18FN3O/c1-16-12(11-8-17-18(2)9-11)7-10-5-4-6-13(19-3)14(10)15/h4-6,8-9,12,16H,7H2,1-3H3. The molecule has 0 aliphatic heterocycles. The van der Waals surface area contributed by atoms with Crippen molar-refractivity contribution in [1.82, 2.24) is 15.1 Å². The summed E-state index contributed by atoms with van der Waals surface area (Å²) < 4.78 is 20.9. The Balaban J connectivity index is 2.23. The maximum atomic E-state index is 14.1. The van der Waals surface area contributed by atoms with Gasteiger partial charge in [0, 0.05) is 24.8 Å². The topological polar surface area (TPSA) is 39.1 Å². The smallest absolute Gasteiger partial charge is 0.168 e. The van der Waals surface area contributed by atoms with E-state index in [2.05, 4.69) is 10.4 Å². The monoisotopic (exact) mass is 263 g/mol. The highest BCUT2D eigenvalue weighted by atomic mass is 19.1. The van der Waals surface area contributed by atoms with Crippen LogP contribution < -0.4 is 10.1 Å². The van der Waals surface area contributed by atoms with E-state index in [0.717, 1.165) is 5.56 Å². The number of hydrogen-bond acceptors (Lipinski definition) is 3. The van der Waals surface area contributed by atoms with Gasteiger partial charge >= 0.3 is 0 Å². The van der Waals surface area contributed by atoms with Crippen LogP contribution in [0.5, 0.6) is 5.75 Å². The van der Waals surface area contributed by atoms with Gasteiger partial charge in [-0.2, -0.15) is 5.10 Å². The molecule has 0 amide bonds. The van der Waals surface area contributed by atoms with E-state index in [4.69, 9.17) is 4.74 Å². The maximum Gasteiger partial charge on any atom is 0.168 e. The molecular formula is C14H18FN3O. The molecule has 5 heteroatoms. The van der Waals surface area contributed by atoms with Crippen molar-refractivity contribution in [1.29, 1.82) is 0 Å². The second-order valence-corrected chi connectivity index (χ2v) is 4.43. The average molecular weight is 263 g/mol. The lowest BCUT2D eigenvalue weighted by atomic mass is 10.0. The summed E-state index contributed by atoms with van der Waals surface area (Å²) in [6, 6.07) is 5.22. The number of hydrogen-bond donors (Lipinski definition) is 1. The van der Waals surface area contributed by atoms with Gasteiger partial charge in [-0.3, -0.25) is 4.68 Å². The highest BCUT2D eigenvalue weighted by Crippen LogP contribution is 2.24. The molecule has 0 radical (unpaired) electrons. The van der Waals surface area contributed by atoms with Gasteiger partial charge in [0.05, 0.1) is 13.3 Å². The molecule has 1 atom stereocenters. The molecule has 19 heavy (non-hydrogen) atoms. The van der Waals surface area contributed by atoms with Gasteiger partial charge in [-0.05, 0) is 25.1 Å². The molecule has 0 spiro atoms. The Morgan fingerprint density at radius 3 is 2.84 bits per heavy atom. The quantitative estimate of drug-likeness (QED) is 0.897. The van der Waals surface area contributed by atoms with Crippen LogP contribution in [0.2, 0.25) is 0 Å². The van der Waals surface area contributed by atoms with E-state index in [1.807, 2.05) is 20.3 Å². The van der Waals surface area contributed by atoms with Gasteiger partial charge in [-0.25, -0.2) is 4.39 Å². The first kappa shape index (κ1) is 13.5. The van der Waals surface area contributed by atoms with Crippen LogP contribution in [0.3, 0.4) is 0 Å². The van der Waals surface area contributed by atoms with Crippen molar-refractivity contribution in [3.05, 3.63) is 47.5 Å². The molecule has 1 N–H and O–H groups in total. The predicted molar refractivity (Wildman–Crippen MR) is 71.7 cm³/mol. The van der Waals surface area contributed by atoms with E-state index in [0.29, 0.717) is 12.0 Å². The molecular weight excluding hydrogens is 245 g/mol. The lowest BCUT2D eigenvalue weighted by Crippen LogP contribution is -2.19. The zero-order valence-corrected chi connectivity index (χ0v) is 11.4. The minimum atomic E-state index is -0.297. The Morgan fingerprint density at radius 2 is 2.26 bits per heavy atom. The number of methoxy groups -OCH3 is 1. The number of aryl methyl sites for hydroxylation is 1. The van der Waals surface area contributed by atoms with Gasteiger partial charge in [-0.1, -0.05) is 12.1 Å². The molecule has 0 aliphatic rings. The molecule has 1 unspecified atom stereocenters. The zero-order chi connectivity index (χ0) is 13.8. The van der Waals surface area contributed by atoms with Crippen LogP contribution in [0, 0.1) is 5.82 Å². The minimum absolute atomic E-state index is 0.0234. The van der Waals surface area contributed by atoms with Crippen LogP contribution in [0.15, 0.2) is 30.6 Å². The Bertz CT molecular complexity index is 553. The number of rotatable bonds is 5. The lowest BCUT2D eigenvalue weighted by molar-refractivity contribution is 0.383. The summed E-state index contributed by atoms with van der Waals surface area (Å²) in [4.78, 5) is 0. The third-order valence-electron chi connectivity index (χ3n) is 3.16. The maximum absolute atomic E-state index is 14.1. The van der Waals surface area contributed by atoms with E-state index in [-0.39, 0.29) is 17.6 Å². The van der Waals surface area contributed by atoms with Gasteiger partial charge in [0.25, 0.3) is 0 Å². The largest absolute Gasteiger partial charge is 0.494 e. The fraction of sp³-hybridized carbons (Fsp3) is 0.357. The Morgan fingerprint density at radius 1 is 1.47 bits per heavy atom. The summed E-state index contributed by atoms with van der Waals surface area (Å²) >= 11 is 0. The van der Waals surface area contributed by atoms with Crippen LogP contribution in [0.4, 0.5) is 4.39 Å². The molecule has 0 aliphatic carbocycles. The highest BCUT2D eigenvalue weighted by molar-refractivity contribution is 5.32. The number of halogens is 1. The molecule has 0 bridgehead atoms. The average Bonchev–Trinajstić information content (AvgIpc) is 2.84. The van der Waals surface area contributed by atoms with Crippen LogP contribution >= 0.6 is 0 Å². The van der Waals surface area contributed by atoms with Gasteiger partial charge in [0.2, 0.25) is 0 Å². The van der Waals surface area contributed by atoms with Gasteiger partial charge in [0.1, 0.15) is 0 Å². The van der Waals surface area contributed by atoms with Crippen LogP contribution in [0.25, 0.3) is 0 Å². The van der Waals surface area contributed by atoms with Gasteiger partial charge in [0.15, 0.2) is 11.6 Å². The summed E-state index contributed by atoms with van der Waals surface area (Å²) in [5, 5.41) is 7.33. The Labute approximate surface area is 112 Å². The number of likely N-dealkylation sites (N-methyl/N-ethyl adjacent to an activating group) is 1. The first-order valence-electron chi connectivity index (χ1n) is 6.13. The molecule has 2 aromatic rings. The molecule has 1 aromatic heterocycles. The normalized spacial score (nSPS) is 12.4. The zero-order valence-electron chi connectivity index (χ0n) is 11.4. The number of nitrogens with zero attached hydrogens (tertiary/aromatic N) is 2. The summed E-state index contributed by atoms with van der Waals surface area (Å²) in [5.41, 5.74) is 1.66. The summed E-state index contributed by atoms with van der Waals surface area (Å²) in [7, 11) is 5.19. The number of ether oxygens (including phenoxy) is 1. The molecule has 1 aromatic carbocycles. The predicted octanol–water partition coefficient (Wildman–Crippen LogP) is 2.07. The van der Waals surface area contributed by atoms with E-state index in [1.54, 1.807) is 29.1 Å². The van der Waals surface area contributed by atoms with Crippen molar-refractivity contribution in [3.8, 4) is 5.75 Å². The van der Waals surface area contributed by atoms with E-state index >= 15 is 0 Å². The first-order valence-corrected chi connectivity index (χ1v) is 6.13. The number of nitrogens with one attached hydrogen (secondary N) is 1. The molecule has 2 rings (SSSR count). The molecule has 1 heterocycles. The van der Waals surface area contributed by atoms with Crippen molar-refractivity contribution in [3.63, 3.8) is 0 Å². The molecule has 0 saturated carbocycles. The van der Waals surface area contributed by atoms with Crippen molar-refractivity contribution >= 4 is 0 Å². The van der Waals surface area contributed by atoms with Crippen LogP contribution in [-0.2, 0) is 13.5 Å². The fourth-order valence-electron chi connectivity index (χ4n) is 2.10. The lowest BCUT2D eigenvalue weighted by Gasteiger charge is -2.15. The molecule has 4 nitrogen and oxygen atoms in total. The van der Waals surface area contributed by atoms with Crippen molar-refractivity contribution < 1.29 is 9.13 Å². The SMILES string of the molecule is CNC(Cc1cccc(OC)c1F)c1cnn(C)c1. The fourth-order valence-corrected chi connectivity index (χ4v) is 2.10. The second kappa shape index (κ2) is 5.84. The second-order valence-electron chi connectivity index (χ2n) is 4.43. The van der Waals surface area contributed by atoms with Gasteiger partial charge in [-0.15, -0.1) is 0 Å². The van der Waals surface area contributed by atoms with E-state index in [9.17, 15) is 4.39 Å². The highest BCUT2D eigenvalue weighted by Gasteiger charge is 2.16. The van der Waals surface area contributed by atoms with E-state index in [1.165, 1.54) is 7.11 Å². The van der Waals surface area contributed by atoms with Crippen LogP contribution in [0.1, 0.15) is 17.2 Å². The van der Waals surface area contributed by atoms with Crippen LogP contribution in [-0.4, -0.2) is 23.9 Å². The molecule has 102 valence electrons. The Hall–Kier alpha value is -1.88.